The Morgan fingerprint density at radius 1 is 1.75 bits per heavy atom. The number of aromatic nitrogens is 1. The third kappa shape index (κ3) is 1.97. The molecule has 12 heavy (non-hydrogen) atoms. The highest BCUT2D eigenvalue weighted by Crippen LogP contribution is 2.19. The maximum Gasteiger partial charge on any atom is 0.156 e. The second-order valence-electron chi connectivity index (χ2n) is 1.95. The van der Waals surface area contributed by atoms with Crippen LogP contribution < -0.4 is 5.73 Å². The minimum Gasteiger partial charge on any atom is -0.378 e. The molecule has 0 radical (unpaired) electrons. The molecular weight excluding hydrogens is 172 g/mol. The van der Waals surface area contributed by atoms with Crippen molar-refractivity contribution in [2.45, 2.75) is 4.90 Å². The summed E-state index contributed by atoms with van der Waals surface area (Å²) in [6.07, 6.45) is 3.05. The monoisotopic (exact) mass is 178 g/mol. The first-order valence-electron chi connectivity index (χ1n) is 3.10. The number of pyridine rings is 1. The highest BCUT2D eigenvalue weighted by molar-refractivity contribution is 8.13. The maximum atomic E-state index is 8.63. The molecule has 0 aliphatic rings. The summed E-state index contributed by atoms with van der Waals surface area (Å²) in [4.78, 5) is 4.44. The molecule has 1 aromatic rings. The number of hydrogen-bond donors (Lipinski definition) is 2. The van der Waals surface area contributed by atoms with Gasteiger partial charge in [-0.25, -0.2) is 0 Å². The summed E-state index contributed by atoms with van der Waals surface area (Å²) in [5.74, 6) is 0. The van der Waals surface area contributed by atoms with E-state index >= 15 is 0 Å². The molecule has 1 heterocycles. The normalized spacial score (nSPS) is 8.92. The van der Waals surface area contributed by atoms with Gasteiger partial charge >= 0.3 is 0 Å². The van der Waals surface area contributed by atoms with E-state index in [1.807, 2.05) is 6.07 Å². The van der Waals surface area contributed by atoms with Crippen LogP contribution in [-0.2, 0) is 0 Å². The molecule has 4 nitrogen and oxygen atoms in total. The van der Waals surface area contributed by atoms with Gasteiger partial charge in [0.05, 0.1) is 10.5 Å². The second-order valence-corrected chi connectivity index (χ2v) is 3.03. The number of rotatable bonds is 1. The van der Waals surface area contributed by atoms with Crippen molar-refractivity contribution < 1.29 is 0 Å². The average molecular weight is 178 g/mol. The van der Waals surface area contributed by atoms with Crippen LogP contribution in [0.5, 0.6) is 0 Å². The van der Waals surface area contributed by atoms with E-state index in [0.717, 1.165) is 11.8 Å². The van der Waals surface area contributed by atoms with Crippen molar-refractivity contribution in [2.75, 3.05) is 0 Å². The number of nitrogens with one attached hydrogen (secondary N) is 1. The predicted molar refractivity (Wildman–Crippen MR) is 46.7 cm³/mol. The molecule has 0 saturated heterocycles. The van der Waals surface area contributed by atoms with E-state index in [-0.39, 0.29) is 5.17 Å². The summed E-state index contributed by atoms with van der Waals surface area (Å²) in [5, 5.41) is 15.6. The van der Waals surface area contributed by atoms with Crippen molar-refractivity contribution in [1.82, 2.24) is 4.98 Å². The largest absolute Gasteiger partial charge is 0.378 e. The number of hydrogen-bond acceptors (Lipinski definition) is 4. The van der Waals surface area contributed by atoms with Gasteiger partial charge in [-0.1, -0.05) is 11.8 Å². The van der Waals surface area contributed by atoms with Gasteiger partial charge < -0.3 is 5.73 Å². The molecule has 0 unspecified atom stereocenters. The second kappa shape index (κ2) is 3.74. The molecule has 0 aromatic carbocycles. The van der Waals surface area contributed by atoms with Gasteiger partial charge in [-0.05, 0) is 6.07 Å². The highest BCUT2D eigenvalue weighted by Gasteiger charge is 2.02. The standard InChI is InChI=1S/C7H6N4S/c8-3-5-1-2-11-4-6(5)12-7(9)10/h1-2,4H,(H3,9,10). The van der Waals surface area contributed by atoms with Crippen molar-refractivity contribution in [3.63, 3.8) is 0 Å². The zero-order chi connectivity index (χ0) is 8.97. The molecule has 0 bridgehead atoms. The van der Waals surface area contributed by atoms with Gasteiger partial charge in [-0.2, -0.15) is 5.26 Å². The van der Waals surface area contributed by atoms with Crippen molar-refractivity contribution >= 4 is 16.9 Å². The fourth-order valence-electron chi connectivity index (χ4n) is 0.672. The van der Waals surface area contributed by atoms with E-state index in [4.69, 9.17) is 16.4 Å². The molecule has 0 spiro atoms. The van der Waals surface area contributed by atoms with Crippen molar-refractivity contribution in [1.29, 1.82) is 10.7 Å². The third-order valence-corrected chi connectivity index (χ3v) is 1.89. The van der Waals surface area contributed by atoms with E-state index in [1.54, 1.807) is 6.07 Å². The third-order valence-electron chi connectivity index (χ3n) is 1.12. The van der Waals surface area contributed by atoms with Gasteiger partial charge in [-0.15, -0.1) is 0 Å². The lowest BCUT2D eigenvalue weighted by Gasteiger charge is -1.98. The topological polar surface area (TPSA) is 86.5 Å². The first-order chi connectivity index (χ1) is 5.74. The predicted octanol–water partition coefficient (Wildman–Crippen LogP) is 0.939. The Morgan fingerprint density at radius 3 is 3.08 bits per heavy atom. The summed E-state index contributed by atoms with van der Waals surface area (Å²) in [5.41, 5.74) is 5.65. The lowest BCUT2D eigenvalue weighted by Crippen LogP contribution is -2.03. The minimum absolute atomic E-state index is 0.0421. The van der Waals surface area contributed by atoms with Gasteiger partial charge in [0.1, 0.15) is 6.07 Å². The number of thioether (sulfide) groups is 1. The van der Waals surface area contributed by atoms with Crippen LogP contribution in [0.4, 0.5) is 0 Å². The van der Waals surface area contributed by atoms with Gasteiger partial charge in [0, 0.05) is 12.4 Å². The van der Waals surface area contributed by atoms with Gasteiger partial charge in [0.2, 0.25) is 0 Å². The molecule has 60 valence electrons. The Labute approximate surface area is 73.9 Å². The van der Waals surface area contributed by atoms with E-state index in [0.29, 0.717) is 10.5 Å². The van der Waals surface area contributed by atoms with Crippen LogP contribution in [0.15, 0.2) is 23.4 Å². The molecule has 0 aliphatic heterocycles. The van der Waals surface area contributed by atoms with Crippen molar-refractivity contribution in [3.05, 3.63) is 24.0 Å². The van der Waals surface area contributed by atoms with Crippen LogP contribution in [0, 0.1) is 16.7 Å². The molecule has 0 saturated carbocycles. The summed E-state index contributed by atoms with van der Waals surface area (Å²) >= 11 is 1.03. The summed E-state index contributed by atoms with van der Waals surface area (Å²) < 4.78 is 0. The smallest absolute Gasteiger partial charge is 0.156 e. The van der Waals surface area contributed by atoms with Gasteiger partial charge in [0.15, 0.2) is 5.17 Å². The molecule has 0 aliphatic carbocycles. The van der Waals surface area contributed by atoms with E-state index in [9.17, 15) is 0 Å². The Bertz CT molecular complexity index is 342. The Kier molecular flexibility index (Phi) is 2.66. The van der Waals surface area contributed by atoms with Crippen molar-refractivity contribution in [3.8, 4) is 6.07 Å². The molecule has 3 N–H and O–H groups in total. The van der Waals surface area contributed by atoms with Crippen LogP contribution in [0.25, 0.3) is 0 Å². The van der Waals surface area contributed by atoms with Crippen molar-refractivity contribution in [2.24, 2.45) is 5.73 Å². The summed E-state index contributed by atoms with van der Waals surface area (Å²) in [6, 6.07) is 3.58. The number of amidine groups is 1. The van der Waals surface area contributed by atoms with E-state index in [2.05, 4.69) is 4.98 Å². The molecule has 0 atom stereocenters. The first kappa shape index (κ1) is 8.56. The zero-order valence-electron chi connectivity index (χ0n) is 6.11. The zero-order valence-corrected chi connectivity index (χ0v) is 6.93. The minimum atomic E-state index is -0.0421. The molecule has 5 heteroatoms. The molecule has 1 rings (SSSR count). The lowest BCUT2D eigenvalue weighted by atomic mass is 10.3. The van der Waals surface area contributed by atoms with Crippen LogP contribution in [0.2, 0.25) is 0 Å². The maximum absolute atomic E-state index is 8.63. The Morgan fingerprint density at radius 2 is 2.50 bits per heavy atom. The van der Waals surface area contributed by atoms with E-state index < -0.39 is 0 Å². The molecule has 1 aromatic heterocycles. The SMILES string of the molecule is N#Cc1ccncc1SC(=N)N. The Balaban J connectivity index is 2.99. The number of nitrogens with zero attached hydrogens (tertiary/aromatic N) is 2. The van der Waals surface area contributed by atoms with Crippen LogP contribution in [0.1, 0.15) is 5.56 Å². The fourth-order valence-corrected chi connectivity index (χ4v) is 1.25. The van der Waals surface area contributed by atoms with Crippen LogP contribution in [0.3, 0.4) is 0 Å². The molecule has 0 amide bonds. The van der Waals surface area contributed by atoms with Crippen LogP contribution >= 0.6 is 11.8 Å². The molecular formula is C7H6N4S. The number of nitrogens with two attached hydrogens (primary N) is 1. The first-order valence-corrected chi connectivity index (χ1v) is 3.91. The summed E-state index contributed by atoms with van der Waals surface area (Å²) in [6.45, 7) is 0. The van der Waals surface area contributed by atoms with Gasteiger partial charge in [-0.3, -0.25) is 10.4 Å². The number of nitriles is 1. The fraction of sp³-hybridized carbons (Fsp3) is 0. The van der Waals surface area contributed by atoms with Crippen LogP contribution in [-0.4, -0.2) is 10.2 Å². The quantitative estimate of drug-likeness (QED) is 0.380. The highest BCUT2D eigenvalue weighted by atomic mass is 32.2. The Hall–Kier alpha value is -1.54. The lowest BCUT2D eigenvalue weighted by molar-refractivity contribution is 1.21. The van der Waals surface area contributed by atoms with Gasteiger partial charge in [0.25, 0.3) is 0 Å². The molecule has 0 fully saturated rings. The average Bonchev–Trinajstić information content (AvgIpc) is 2.04. The summed E-state index contributed by atoms with van der Waals surface area (Å²) in [7, 11) is 0. The van der Waals surface area contributed by atoms with E-state index in [1.165, 1.54) is 12.4 Å².